The van der Waals surface area contributed by atoms with E-state index in [2.05, 4.69) is 274 Å². The summed E-state index contributed by atoms with van der Waals surface area (Å²) in [5.41, 5.74) is 27.8. The Morgan fingerprint density at radius 2 is 0.835 bits per heavy atom. The van der Waals surface area contributed by atoms with E-state index in [1.54, 1.807) is 0 Å². The number of benzene rings is 12. The van der Waals surface area contributed by atoms with Gasteiger partial charge in [-0.1, -0.05) is 226 Å². The van der Waals surface area contributed by atoms with E-state index in [1.165, 1.54) is 109 Å². The lowest BCUT2D eigenvalue weighted by molar-refractivity contribution is 0.660. The third kappa shape index (κ3) is 6.11. The molecule has 1 unspecified atom stereocenters. The van der Waals surface area contributed by atoms with Crippen molar-refractivity contribution < 1.29 is 4.42 Å². The van der Waals surface area contributed by atoms with Crippen LogP contribution in [0.5, 0.6) is 0 Å². The van der Waals surface area contributed by atoms with E-state index in [9.17, 15) is 0 Å². The van der Waals surface area contributed by atoms with E-state index < -0.39 is 5.41 Å². The molecule has 2 nitrogen and oxygen atoms in total. The van der Waals surface area contributed by atoms with Gasteiger partial charge in [0.25, 0.3) is 0 Å². The van der Waals surface area contributed by atoms with Crippen molar-refractivity contribution in [1.82, 2.24) is 0 Å². The van der Waals surface area contributed by atoms with Crippen LogP contribution in [0.2, 0.25) is 0 Å². The Morgan fingerprint density at radius 3 is 1.62 bits per heavy atom. The van der Waals surface area contributed by atoms with Gasteiger partial charge < -0.3 is 9.32 Å². The second-order valence-corrected chi connectivity index (χ2v) is 23.2. The molecule has 1 spiro atoms. The van der Waals surface area contributed by atoms with Gasteiger partial charge in [0.15, 0.2) is 0 Å². The van der Waals surface area contributed by atoms with E-state index in [1.807, 2.05) is 17.4 Å². The van der Waals surface area contributed by atoms with Gasteiger partial charge >= 0.3 is 0 Å². The number of nitrogens with zero attached hydrogens (tertiary/aromatic N) is 1. The fourth-order valence-corrected chi connectivity index (χ4v) is 15.9. The van der Waals surface area contributed by atoms with Crippen molar-refractivity contribution in [2.45, 2.75) is 24.7 Å². The highest BCUT2D eigenvalue weighted by molar-refractivity contribution is 7.26. The summed E-state index contributed by atoms with van der Waals surface area (Å²) in [6, 6.07) is 97.3. The van der Waals surface area contributed by atoms with Gasteiger partial charge in [-0.15, -0.1) is 11.3 Å². The smallest absolute Gasteiger partial charge is 0.136 e. The van der Waals surface area contributed by atoms with Gasteiger partial charge in [-0.25, -0.2) is 0 Å². The molecule has 0 amide bonds. The lowest BCUT2D eigenvalue weighted by atomic mass is 9.70. The zero-order valence-corrected chi connectivity index (χ0v) is 44.4. The number of hydrogen-bond acceptors (Lipinski definition) is 3. The quantitative estimate of drug-likeness (QED) is 0.165. The summed E-state index contributed by atoms with van der Waals surface area (Å²) >= 11 is 1.97. The minimum Gasteiger partial charge on any atom is -0.456 e. The Morgan fingerprint density at radius 1 is 0.329 bits per heavy atom. The third-order valence-electron chi connectivity index (χ3n) is 17.9. The Labute approximate surface area is 462 Å². The maximum absolute atomic E-state index is 6.34. The van der Waals surface area contributed by atoms with Crippen LogP contribution >= 0.6 is 11.3 Å². The molecule has 3 aliphatic rings. The number of anilines is 3. The summed E-state index contributed by atoms with van der Waals surface area (Å²) < 4.78 is 9.04. The summed E-state index contributed by atoms with van der Waals surface area (Å²) in [6.07, 6.45) is 0. The summed E-state index contributed by atoms with van der Waals surface area (Å²) in [7, 11) is 0. The molecule has 0 N–H and O–H groups in total. The van der Waals surface area contributed by atoms with Gasteiger partial charge in [0.1, 0.15) is 11.2 Å². The van der Waals surface area contributed by atoms with E-state index in [4.69, 9.17) is 4.42 Å². The first-order valence-corrected chi connectivity index (χ1v) is 28.3. The van der Waals surface area contributed by atoms with E-state index in [-0.39, 0.29) is 5.41 Å². The summed E-state index contributed by atoms with van der Waals surface area (Å²) in [4.78, 5) is 2.44. The SMILES string of the molecule is CC1(C)c2ccccc2-c2ccc(N(c3ccc(-c4cccc5c4-c4ccccc4C54c5ccccc5-c5ccc6c(sc7c(-c8ccccc8)cccc76)c54)cc3)c3ccc(-c4cccc5oc6ccccc6c45)cc3)cc21. The Hall–Kier alpha value is -9.54. The molecule has 2 aromatic heterocycles. The topological polar surface area (TPSA) is 16.4 Å². The molecule has 79 heavy (non-hydrogen) atoms. The maximum atomic E-state index is 6.34. The molecule has 370 valence electrons. The van der Waals surface area contributed by atoms with Crippen molar-refractivity contribution in [2.75, 3.05) is 4.90 Å². The minimum absolute atomic E-state index is 0.150. The zero-order valence-electron chi connectivity index (χ0n) is 43.6. The van der Waals surface area contributed by atoms with E-state index in [0.717, 1.165) is 50.1 Å². The second-order valence-electron chi connectivity index (χ2n) is 22.2. The summed E-state index contributed by atoms with van der Waals surface area (Å²) in [5, 5.41) is 4.91. The highest BCUT2D eigenvalue weighted by Gasteiger charge is 2.53. The normalized spacial score (nSPS) is 15.1. The van der Waals surface area contributed by atoms with E-state index >= 15 is 0 Å². The highest BCUT2D eigenvalue weighted by atomic mass is 32.1. The van der Waals surface area contributed by atoms with Crippen molar-refractivity contribution in [1.29, 1.82) is 0 Å². The van der Waals surface area contributed by atoms with Crippen LogP contribution in [0, 0.1) is 0 Å². The van der Waals surface area contributed by atoms with Crippen molar-refractivity contribution in [3.8, 4) is 66.8 Å². The fraction of sp³-hybridized carbons (Fsp3) is 0.0526. The van der Waals surface area contributed by atoms with Crippen LogP contribution in [-0.4, -0.2) is 0 Å². The fourth-order valence-electron chi connectivity index (χ4n) is 14.5. The molecule has 0 aliphatic heterocycles. The monoisotopic (exact) mass is 1020 g/mol. The van der Waals surface area contributed by atoms with Crippen molar-refractivity contribution in [3.05, 3.63) is 294 Å². The van der Waals surface area contributed by atoms with Crippen molar-refractivity contribution in [2.24, 2.45) is 0 Å². The van der Waals surface area contributed by atoms with Gasteiger partial charge in [-0.05, 0) is 149 Å². The van der Waals surface area contributed by atoms with Gasteiger partial charge in [0.05, 0.1) is 5.41 Å². The lowest BCUT2D eigenvalue weighted by Crippen LogP contribution is -2.26. The highest BCUT2D eigenvalue weighted by Crippen LogP contribution is 2.66. The minimum atomic E-state index is -0.513. The zero-order chi connectivity index (χ0) is 52.1. The number of para-hydroxylation sites is 1. The summed E-state index contributed by atoms with van der Waals surface area (Å²) in [5.74, 6) is 0. The van der Waals surface area contributed by atoms with Crippen LogP contribution in [-0.2, 0) is 10.8 Å². The predicted octanol–water partition coefficient (Wildman–Crippen LogP) is 21.1. The molecule has 17 rings (SSSR count). The number of rotatable bonds is 6. The van der Waals surface area contributed by atoms with Crippen LogP contribution in [0.15, 0.2) is 265 Å². The first-order chi connectivity index (χ1) is 38.9. The lowest BCUT2D eigenvalue weighted by Gasteiger charge is -2.31. The Balaban J connectivity index is 0.829. The Bertz CT molecular complexity index is 4860. The third-order valence-corrected chi connectivity index (χ3v) is 19.2. The van der Waals surface area contributed by atoms with Gasteiger partial charge in [-0.3, -0.25) is 0 Å². The van der Waals surface area contributed by atoms with Crippen LogP contribution in [0.3, 0.4) is 0 Å². The van der Waals surface area contributed by atoms with Crippen molar-refractivity contribution in [3.63, 3.8) is 0 Å². The van der Waals surface area contributed by atoms with Crippen LogP contribution < -0.4 is 4.90 Å². The van der Waals surface area contributed by atoms with Crippen LogP contribution in [0.1, 0.15) is 47.2 Å². The molecular weight excluding hydrogens is 975 g/mol. The molecule has 2 heterocycles. The average Bonchev–Trinajstić information content (AvgIpc) is 2.94. The molecule has 0 saturated heterocycles. The second kappa shape index (κ2) is 16.5. The number of hydrogen-bond donors (Lipinski definition) is 0. The largest absolute Gasteiger partial charge is 0.456 e. The van der Waals surface area contributed by atoms with E-state index in [0.29, 0.717) is 0 Å². The molecule has 0 saturated carbocycles. The standard InChI is InChI=1S/C76H49NOS/c1-75(2)63-27-10-6-19-55(63)57-42-41-51(45-67(57)75)77(50-39-35-48(36-40-50)53-24-16-32-69-71(53)62-22-9-13-31-68(62)78-69)49-37-33-47(34-38-49)52-23-15-30-66-70(52)61-21-8-12-29-65(61)76(66)64-28-11-7-20-56(64)58-43-44-60-59-26-14-25-54(46-17-4-3-5-18-46)73(59)79-74(60)72(58)76/h3-45H,1-2H3. The van der Waals surface area contributed by atoms with Gasteiger partial charge in [-0.2, -0.15) is 0 Å². The maximum Gasteiger partial charge on any atom is 0.136 e. The molecule has 3 heteroatoms. The summed E-state index contributed by atoms with van der Waals surface area (Å²) in [6.45, 7) is 4.73. The number of fused-ring (bicyclic) bond motifs is 20. The first kappa shape index (κ1) is 44.6. The van der Waals surface area contributed by atoms with Gasteiger partial charge in [0.2, 0.25) is 0 Å². The van der Waals surface area contributed by atoms with Gasteiger partial charge in [0, 0.05) is 53.4 Å². The van der Waals surface area contributed by atoms with Crippen LogP contribution in [0.4, 0.5) is 17.1 Å². The molecule has 14 aromatic rings. The molecule has 0 fully saturated rings. The molecule has 3 aliphatic carbocycles. The van der Waals surface area contributed by atoms with Crippen molar-refractivity contribution >= 4 is 70.5 Å². The average molecular weight is 1020 g/mol. The number of thiophene rings is 1. The van der Waals surface area contributed by atoms with Crippen LogP contribution in [0.25, 0.3) is 109 Å². The molecule has 0 radical (unpaired) electrons. The number of furan rings is 1. The molecule has 12 aromatic carbocycles. The molecule has 0 bridgehead atoms. The Kier molecular flexibility index (Phi) is 9.30. The first-order valence-electron chi connectivity index (χ1n) is 27.5. The molecule has 1 atom stereocenters. The molecular formula is C76H49NOS. The predicted molar refractivity (Wildman–Crippen MR) is 331 cm³/mol.